The van der Waals surface area contributed by atoms with Crippen LogP contribution in [0, 0.1) is 0 Å². The normalized spacial score (nSPS) is 19.9. The molecule has 1 aliphatic rings. The molecule has 1 atom stereocenters. The molecule has 20 heavy (non-hydrogen) atoms. The molecule has 0 bridgehead atoms. The summed E-state index contributed by atoms with van der Waals surface area (Å²) in [5, 5.41) is 4.00. The van der Waals surface area contributed by atoms with Crippen LogP contribution in [0.5, 0.6) is 0 Å². The van der Waals surface area contributed by atoms with Gasteiger partial charge in [-0.1, -0.05) is 0 Å². The Kier molecular flexibility index (Phi) is 3.42. The molecule has 0 aromatic carbocycles. The predicted octanol–water partition coefficient (Wildman–Crippen LogP) is -0.350. The summed E-state index contributed by atoms with van der Waals surface area (Å²) in [6, 6.07) is 0. The van der Waals surface area contributed by atoms with Crippen molar-refractivity contribution in [2.24, 2.45) is 0 Å². The van der Waals surface area contributed by atoms with Gasteiger partial charge in [0.2, 0.25) is 11.9 Å². The van der Waals surface area contributed by atoms with Crippen LogP contribution < -0.4 is 10.6 Å². The van der Waals surface area contributed by atoms with Crippen molar-refractivity contribution in [1.29, 1.82) is 0 Å². The van der Waals surface area contributed by atoms with Crippen molar-refractivity contribution < 1.29 is 4.74 Å². The Morgan fingerprint density at radius 2 is 2.15 bits per heavy atom. The van der Waals surface area contributed by atoms with Crippen LogP contribution in [-0.2, 0) is 4.74 Å². The fraction of sp³-hybridized carbons (Fsp3) is 0.545. The van der Waals surface area contributed by atoms with Crippen molar-refractivity contribution in [2.75, 3.05) is 30.3 Å². The average Bonchev–Trinajstić information content (AvgIpc) is 2.87. The minimum absolute atomic E-state index is 0.130. The lowest BCUT2D eigenvalue weighted by Gasteiger charge is -2.22. The van der Waals surface area contributed by atoms with Crippen molar-refractivity contribution in [3.05, 3.63) is 12.7 Å². The minimum Gasteiger partial charge on any atom is -0.377 e. The van der Waals surface area contributed by atoms with Crippen molar-refractivity contribution in [1.82, 2.24) is 29.7 Å². The largest absolute Gasteiger partial charge is 0.377 e. The summed E-state index contributed by atoms with van der Waals surface area (Å²) in [5.41, 5.74) is 5.76. The maximum absolute atomic E-state index is 5.76. The van der Waals surface area contributed by atoms with Gasteiger partial charge in [0.15, 0.2) is 0 Å². The first-order chi connectivity index (χ1) is 9.72. The zero-order valence-corrected chi connectivity index (χ0v) is 11.2. The van der Waals surface area contributed by atoms with Gasteiger partial charge in [-0.25, -0.2) is 4.98 Å². The lowest BCUT2D eigenvalue weighted by atomic mass is 10.3. The van der Waals surface area contributed by atoms with Crippen LogP contribution in [0.25, 0.3) is 5.95 Å². The quantitative estimate of drug-likeness (QED) is 0.793. The van der Waals surface area contributed by atoms with Gasteiger partial charge in [0.1, 0.15) is 12.7 Å². The van der Waals surface area contributed by atoms with Gasteiger partial charge in [-0.3, -0.25) is 0 Å². The number of hydrogen-bond donors (Lipinski definition) is 1. The first-order valence-electron chi connectivity index (χ1n) is 6.45. The maximum Gasteiger partial charge on any atom is 0.258 e. The van der Waals surface area contributed by atoms with E-state index < -0.39 is 0 Å². The summed E-state index contributed by atoms with van der Waals surface area (Å²) in [4.78, 5) is 18.6. The molecule has 3 heterocycles. The number of aromatic nitrogens is 6. The molecule has 106 valence electrons. The first-order valence-corrected chi connectivity index (χ1v) is 6.45. The SMILES string of the molecule is CC1CN(c2nc(N)nc(-n3cncn3)n2)CCCO1. The highest BCUT2D eigenvalue weighted by Crippen LogP contribution is 2.15. The molecule has 0 saturated carbocycles. The Balaban J connectivity index is 1.92. The molecule has 0 amide bonds. The van der Waals surface area contributed by atoms with Crippen LogP contribution >= 0.6 is 0 Å². The van der Waals surface area contributed by atoms with Crippen LogP contribution in [-0.4, -0.2) is 55.5 Å². The summed E-state index contributed by atoms with van der Waals surface area (Å²) in [5.74, 6) is 1.07. The van der Waals surface area contributed by atoms with E-state index in [4.69, 9.17) is 10.5 Å². The van der Waals surface area contributed by atoms with E-state index in [0.717, 1.165) is 26.1 Å². The molecule has 2 aromatic rings. The fourth-order valence-electron chi connectivity index (χ4n) is 2.10. The molecular weight excluding hydrogens is 260 g/mol. The molecule has 0 aliphatic carbocycles. The average molecular weight is 276 g/mol. The molecule has 0 spiro atoms. The van der Waals surface area contributed by atoms with Crippen LogP contribution in [0.3, 0.4) is 0 Å². The van der Waals surface area contributed by atoms with E-state index in [9.17, 15) is 0 Å². The lowest BCUT2D eigenvalue weighted by molar-refractivity contribution is 0.0820. The highest BCUT2D eigenvalue weighted by atomic mass is 16.5. The number of nitrogen functional groups attached to an aromatic ring is 1. The zero-order valence-electron chi connectivity index (χ0n) is 11.2. The Morgan fingerprint density at radius 3 is 2.95 bits per heavy atom. The second-order valence-electron chi connectivity index (χ2n) is 4.61. The molecule has 2 aromatic heterocycles. The summed E-state index contributed by atoms with van der Waals surface area (Å²) < 4.78 is 7.07. The van der Waals surface area contributed by atoms with Gasteiger partial charge < -0.3 is 15.4 Å². The third-order valence-corrected chi connectivity index (χ3v) is 2.99. The lowest BCUT2D eigenvalue weighted by Crippen LogP contribution is -2.32. The molecule has 0 radical (unpaired) electrons. The number of rotatable bonds is 2. The highest BCUT2D eigenvalue weighted by molar-refractivity contribution is 5.37. The Morgan fingerprint density at radius 1 is 1.30 bits per heavy atom. The number of ether oxygens (including phenoxy) is 1. The monoisotopic (exact) mass is 276 g/mol. The second-order valence-corrected chi connectivity index (χ2v) is 4.61. The third-order valence-electron chi connectivity index (χ3n) is 2.99. The van der Waals surface area contributed by atoms with Gasteiger partial charge in [0.25, 0.3) is 5.95 Å². The fourth-order valence-corrected chi connectivity index (χ4v) is 2.10. The molecule has 9 heteroatoms. The van der Waals surface area contributed by atoms with E-state index in [1.807, 2.05) is 6.92 Å². The van der Waals surface area contributed by atoms with E-state index in [1.54, 1.807) is 0 Å². The van der Waals surface area contributed by atoms with E-state index in [2.05, 4.69) is 29.9 Å². The molecular formula is C11H16N8O. The van der Waals surface area contributed by atoms with Gasteiger partial charge in [0.05, 0.1) is 6.10 Å². The van der Waals surface area contributed by atoms with E-state index in [0.29, 0.717) is 11.9 Å². The van der Waals surface area contributed by atoms with Gasteiger partial charge in [0, 0.05) is 19.7 Å². The summed E-state index contributed by atoms with van der Waals surface area (Å²) in [6.45, 7) is 4.32. The molecule has 2 N–H and O–H groups in total. The number of hydrogen-bond acceptors (Lipinski definition) is 8. The second kappa shape index (κ2) is 5.37. The Hall–Kier alpha value is -2.29. The van der Waals surface area contributed by atoms with Crippen LogP contribution in [0.15, 0.2) is 12.7 Å². The van der Waals surface area contributed by atoms with E-state index >= 15 is 0 Å². The van der Waals surface area contributed by atoms with Crippen molar-refractivity contribution in [3.63, 3.8) is 0 Å². The van der Waals surface area contributed by atoms with Crippen molar-refractivity contribution >= 4 is 11.9 Å². The topological polar surface area (TPSA) is 108 Å². The molecule has 9 nitrogen and oxygen atoms in total. The van der Waals surface area contributed by atoms with Gasteiger partial charge in [-0.15, -0.1) is 0 Å². The Labute approximate surface area is 115 Å². The summed E-state index contributed by atoms with van der Waals surface area (Å²) >= 11 is 0. The van der Waals surface area contributed by atoms with Crippen LogP contribution in [0.2, 0.25) is 0 Å². The maximum atomic E-state index is 5.76. The van der Waals surface area contributed by atoms with Crippen LogP contribution in [0.4, 0.5) is 11.9 Å². The number of nitrogens with zero attached hydrogens (tertiary/aromatic N) is 7. The van der Waals surface area contributed by atoms with Gasteiger partial charge in [-0.2, -0.15) is 24.7 Å². The van der Waals surface area contributed by atoms with Gasteiger partial charge >= 0.3 is 0 Å². The summed E-state index contributed by atoms with van der Waals surface area (Å²) in [6.07, 6.45) is 3.99. The minimum atomic E-state index is 0.130. The zero-order chi connectivity index (χ0) is 13.9. The molecule has 3 rings (SSSR count). The third kappa shape index (κ3) is 2.67. The molecule has 1 aliphatic heterocycles. The highest BCUT2D eigenvalue weighted by Gasteiger charge is 2.19. The number of nitrogens with two attached hydrogens (primary N) is 1. The van der Waals surface area contributed by atoms with Crippen LogP contribution in [0.1, 0.15) is 13.3 Å². The Bertz CT molecular complexity index is 572. The number of anilines is 2. The van der Waals surface area contributed by atoms with E-state index in [1.165, 1.54) is 17.3 Å². The molecule has 1 saturated heterocycles. The van der Waals surface area contributed by atoms with Crippen molar-refractivity contribution in [2.45, 2.75) is 19.4 Å². The van der Waals surface area contributed by atoms with Crippen molar-refractivity contribution in [3.8, 4) is 5.95 Å². The molecule has 1 fully saturated rings. The predicted molar refractivity (Wildman–Crippen MR) is 71.4 cm³/mol. The first kappa shape index (κ1) is 12.7. The van der Waals surface area contributed by atoms with E-state index in [-0.39, 0.29) is 12.1 Å². The molecule has 1 unspecified atom stereocenters. The smallest absolute Gasteiger partial charge is 0.258 e. The van der Waals surface area contributed by atoms with Gasteiger partial charge in [-0.05, 0) is 13.3 Å². The summed E-state index contributed by atoms with van der Waals surface area (Å²) in [7, 11) is 0. The standard InChI is InChI=1S/C11H16N8O/c1-8-5-18(3-2-4-20-8)10-15-9(12)16-11(17-10)19-7-13-6-14-19/h6-8H,2-5H2,1H3,(H2,12,15,16,17).